The van der Waals surface area contributed by atoms with Crippen LogP contribution in [-0.2, 0) is 25.8 Å². The largest absolute Gasteiger partial charge is 0.501 e. The standard InChI is InChI=1S/C17H19F3O6S/c18-17(19,20)27(25,26)12-7-5-10(6-8-12)9-13(15(21)22)14(16(23)24)11-3-1-2-4-11/h5-8,11,13-14H,1-4,9H2,(H,21,22)(H,23,24). The third-order valence-electron chi connectivity index (χ3n) is 4.94. The van der Waals surface area contributed by atoms with Gasteiger partial charge in [-0.1, -0.05) is 25.0 Å². The van der Waals surface area contributed by atoms with Crippen LogP contribution in [-0.4, -0.2) is 36.1 Å². The van der Waals surface area contributed by atoms with Crippen LogP contribution in [0.25, 0.3) is 0 Å². The first kappa shape index (κ1) is 21.2. The van der Waals surface area contributed by atoms with Crippen molar-refractivity contribution in [1.82, 2.24) is 0 Å². The van der Waals surface area contributed by atoms with Gasteiger partial charge in [0.05, 0.1) is 16.7 Å². The molecule has 2 unspecified atom stereocenters. The molecule has 150 valence electrons. The highest BCUT2D eigenvalue weighted by Crippen LogP contribution is 2.37. The number of sulfone groups is 1. The molecule has 0 aromatic heterocycles. The van der Waals surface area contributed by atoms with Crippen molar-refractivity contribution in [3.8, 4) is 0 Å². The summed E-state index contributed by atoms with van der Waals surface area (Å²) < 4.78 is 60.5. The summed E-state index contributed by atoms with van der Waals surface area (Å²) in [7, 11) is -5.49. The molecule has 0 bridgehead atoms. The van der Waals surface area contributed by atoms with E-state index in [1.807, 2.05) is 0 Å². The lowest BCUT2D eigenvalue weighted by molar-refractivity contribution is -0.156. The van der Waals surface area contributed by atoms with Crippen molar-refractivity contribution in [1.29, 1.82) is 0 Å². The number of carboxylic acid groups (broad SMARTS) is 2. The van der Waals surface area contributed by atoms with E-state index in [9.17, 15) is 41.4 Å². The molecule has 1 aromatic carbocycles. The van der Waals surface area contributed by atoms with Crippen LogP contribution < -0.4 is 0 Å². The first-order chi connectivity index (χ1) is 12.4. The highest BCUT2D eigenvalue weighted by atomic mass is 32.2. The molecule has 1 saturated carbocycles. The Bertz CT molecular complexity index is 795. The van der Waals surface area contributed by atoms with E-state index < -0.39 is 44.0 Å². The van der Waals surface area contributed by atoms with Crippen molar-refractivity contribution in [3.05, 3.63) is 29.8 Å². The SMILES string of the molecule is O=C(O)C(Cc1ccc(S(=O)(=O)C(F)(F)F)cc1)C(C(=O)O)C1CCCC1. The van der Waals surface area contributed by atoms with E-state index in [1.54, 1.807) is 0 Å². The van der Waals surface area contributed by atoms with Crippen molar-refractivity contribution in [2.45, 2.75) is 42.5 Å². The van der Waals surface area contributed by atoms with Gasteiger partial charge in [0.2, 0.25) is 0 Å². The summed E-state index contributed by atoms with van der Waals surface area (Å²) in [5, 5.41) is 19.0. The molecule has 1 aliphatic rings. The predicted octanol–water partition coefficient (Wildman–Crippen LogP) is 3.11. The molecule has 2 N–H and O–H groups in total. The number of carboxylic acids is 2. The van der Waals surface area contributed by atoms with Gasteiger partial charge in [-0.05, 0) is 42.9 Å². The Morgan fingerprint density at radius 1 is 1.04 bits per heavy atom. The minimum Gasteiger partial charge on any atom is -0.481 e. The lowest BCUT2D eigenvalue weighted by Crippen LogP contribution is -2.36. The Kier molecular flexibility index (Phi) is 6.18. The summed E-state index contributed by atoms with van der Waals surface area (Å²) in [5.74, 6) is -5.15. The molecule has 6 nitrogen and oxygen atoms in total. The molecule has 1 fully saturated rings. The molecule has 0 aliphatic heterocycles. The minimum absolute atomic E-state index is 0.213. The van der Waals surface area contributed by atoms with E-state index in [1.165, 1.54) is 0 Å². The normalized spacial score (nSPS) is 18.2. The van der Waals surface area contributed by atoms with Crippen LogP contribution in [0.5, 0.6) is 0 Å². The molecule has 2 atom stereocenters. The summed E-state index contributed by atoms with van der Waals surface area (Å²) >= 11 is 0. The maximum atomic E-state index is 12.6. The molecular weight excluding hydrogens is 389 g/mol. The van der Waals surface area contributed by atoms with Gasteiger partial charge in [0.25, 0.3) is 9.84 Å². The quantitative estimate of drug-likeness (QED) is 0.718. The lowest BCUT2D eigenvalue weighted by atomic mass is 9.77. The first-order valence-corrected chi connectivity index (χ1v) is 9.79. The molecule has 0 spiro atoms. The third-order valence-corrected chi connectivity index (χ3v) is 6.44. The van der Waals surface area contributed by atoms with Gasteiger partial charge in [0.1, 0.15) is 0 Å². The third kappa shape index (κ3) is 4.60. The van der Waals surface area contributed by atoms with E-state index in [0.29, 0.717) is 12.8 Å². The zero-order chi connectivity index (χ0) is 20.4. The number of benzene rings is 1. The Labute approximate surface area is 153 Å². The molecule has 2 rings (SSSR count). The number of hydrogen-bond donors (Lipinski definition) is 2. The fourth-order valence-corrected chi connectivity index (χ4v) is 4.34. The van der Waals surface area contributed by atoms with Crippen molar-refractivity contribution in [2.75, 3.05) is 0 Å². The first-order valence-electron chi connectivity index (χ1n) is 8.31. The molecule has 1 aromatic rings. The van der Waals surface area contributed by atoms with Crippen molar-refractivity contribution in [2.24, 2.45) is 17.8 Å². The van der Waals surface area contributed by atoms with E-state index in [4.69, 9.17) is 0 Å². The van der Waals surface area contributed by atoms with E-state index in [0.717, 1.165) is 37.1 Å². The monoisotopic (exact) mass is 408 g/mol. The second-order valence-corrected chi connectivity index (χ2v) is 8.59. The lowest BCUT2D eigenvalue weighted by Gasteiger charge is -2.25. The van der Waals surface area contributed by atoms with Crippen LogP contribution in [0, 0.1) is 17.8 Å². The highest BCUT2D eigenvalue weighted by Gasteiger charge is 2.47. The van der Waals surface area contributed by atoms with Gasteiger partial charge in [0, 0.05) is 0 Å². The van der Waals surface area contributed by atoms with Gasteiger partial charge >= 0.3 is 17.4 Å². The average Bonchev–Trinajstić information content (AvgIpc) is 3.07. The van der Waals surface area contributed by atoms with Crippen LogP contribution >= 0.6 is 0 Å². The zero-order valence-electron chi connectivity index (χ0n) is 14.1. The molecular formula is C17H19F3O6S. The molecule has 10 heteroatoms. The van der Waals surface area contributed by atoms with Crippen LogP contribution in [0.1, 0.15) is 31.2 Å². The Balaban J connectivity index is 2.26. The summed E-state index contributed by atoms with van der Waals surface area (Å²) in [6.07, 6.45) is 2.66. The zero-order valence-corrected chi connectivity index (χ0v) is 15.0. The topological polar surface area (TPSA) is 109 Å². The molecule has 1 aliphatic carbocycles. The average molecular weight is 408 g/mol. The van der Waals surface area contributed by atoms with E-state index >= 15 is 0 Å². The van der Waals surface area contributed by atoms with Crippen LogP contribution in [0.15, 0.2) is 29.2 Å². The Hall–Kier alpha value is -2.10. The van der Waals surface area contributed by atoms with Gasteiger partial charge in [-0.25, -0.2) is 8.42 Å². The number of aliphatic carboxylic acids is 2. The molecule has 0 heterocycles. The summed E-state index contributed by atoms with van der Waals surface area (Å²) in [6.45, 7) is 0. The minimum atomic E-state index is -5.49. The van der Waals surface area contributed by atoms with Gasteiger partial charge in [-0.2, -0.15) is 13.2 Å². The molecule has 0 saturated heterocycles. The fourth-order valence-electron chi connectivity index (χ4n) is 3.58. The van der Waals surface area contributed by atoms with Crippen LogP contribution in [0.3, 0.4) is 0 Å². The maximum Gasteiger partial charge on any atom is 0.501 e. The van der Waals surface area contributed by atoms with Crippen molar-refractivity contribution < 1.29 is 41.4 Å². The molecule has 0 amide bonds. The predicted molar refractivity (Wildman–Crippen MR) is 87.6 cm³/mol. The second-order valence-electron chi connectivity index (χ2n) is 6.65. The molecule has 0 radical (unpaired) electrons. The summed E-state index contributed by atoms with van der Waals surface area (Å²) in [4.78, 5) is 22.4. The number of halogens is 3. The number of carbonyl (C=O) groups is 2. The summed E-state index contributed by atoms with van der Waals surface area (Å²) in [6, 6.07) is 3.68. The van der Waals surface area contributed by atoms with Gasteiger partial charge in [0.15, 0.2) is 0 Å². The van der Waals surface area contributed by atoms with Crippen molar-refractivity contribution >= 4 is 21.8 Å². The number of alkyl halides is 3. The van der Waals surface area contributed by atoms with Crippen LogP contribution in [0.4, 0.5) is 13.2 Å². The van der Waals surface area contributed by atoms with Gasteiger partial charge in [-0.15, -0.1) is 0 Å². The molecule has 27 heavy (non-hydrogen) atoms. The van der Waals surface area contributed by atoms with E-state index in [2.05, 4.69) is 0 Å². The van der Waals surface area contributed by atoms with E-state index in [-0.39, 0.29) is 17.9 Å². The highest BCUT2D eigenvalue weighted by molar-refractivity contribution is 7.92. The Morgan fingerprint density at radius 2 is 1.56 bits per heavy atom. The Morgan fingerprint density at radius 3 is 1.96 bits per heavy atom. The second kappa shape index (κ2) is 7.87. The number of hydrogen-bond acceptors (Lipinski definition) is 4. The summed E-state index contributed by atoms with van der Waals surface area (Å²) in [5.41, 5.74) is -5.18. The van der Waals surface area contributed by atoms with Crippen molar-refractivity contribution in [3.63, 3.8) is 0 Å². The van der Waals surface area contributed by atoms with Gasteiger partial charge in [-0.3, -0.25) is 9.59 Å². The maximum absolute atomic E-state index is 12.6. The fraction of sp³-hybridized carbons (Fsp3) is 0.529. The van der Waals surface area contributed by atoms with Gasteiger partial charge < -0.3 is 10.2 Å². The smallest absolute Gasteiger partial charge is 0.481 e. The number of rotatable bonds is 7. The van der Waals surface area contributed by atoms with Crippen LogP contribution in [0.2, 0.25) is 0 Å².